The Morgan fingerprint density at radius 1 is 1.25 bits per heavy atom. The summed E-state index contributed by atoms with van der Waals surface area (Å²) in [6, 6.07) is 9.74. The first-order valence-electron chi connectivity index (χ1n) is 6.61. The highest BCUT2D eigenvalue weighted by atomic mass is 35.5. The van der Waals surface area contributed by atoms with E-state index in [0.717, 1.165) is 29.3 Å². The molecule has 0 fully saturated rings. The average molecular weight is 288 g/mol. The summed E-state index contributed by atoms with van der Waals surface area (Å²) in [5, 5.41) is 4.77. The van der Waals surface area contributed by atoms with Crippen LogP contribution in [-0.2, 0) is 0 Å². The molecule has 102 valence electrons. The highest BCUT2D eigenvalue weighted by Gasteiger charge is 2.17. The molecule has 1 atom stereocenters. The molecule has 0 aliphatic heterocycles. The Labute approximate surface area is 121 Å². The molecular weight excluding hydrogens is 274 g/mol. The molecule has 0 bridgehead atoms. The Bertz CT molecular complexity index is 720. The largest absolute Gasteiger partial charge is 0.334 e. The van der Waals surface area contributed by atoms with Crippen LogP contribution in [0.25, 0.3) is 22.4 Å². The number of pyridine rings is 1. The molecule has 0 spiro atoms. The highest BCUT2D eigenvalue weighted by molar-refractivity contribution is 6.20. The van der Waals surface area contributed by atoms with Gasteiger partial charge in [0.15, 0.2) is 5.82 Å². The van der Waals surface area contributed by atoms with Gasteiger partial charge in [0, 0.05) is 11.6 Å². The number of halogens is 1. The van der Waals surface area contributed by atoms with E-state index in [1.807, 2.05) is 30.3 Å². The van der Waals surface area contributed by atoms with Crippen molar-refractivity contribution in [2.75, 3.05) is 0 Å². The monoisotopic (exact) mass is 287 g/mol. The molecule has 0 N–H and O–H groups in total. The maximum Gasteiger partial charge on any atom is 0.258 e. The second-order valence-corrected chi connectivity index (χ2v) is 5.12. The first kappa shape index (κ1) is 13.1. The third-order valence-electron chi connectivity index (χ3n) is 3.14. The van der Waals surface area contributed by atoms with Crippen molar-refractivity contribution >= 4 is 22.5 Å². The van der Waals surface area contributed by atoms with Gasteiger partial charge in [-0.2, -0.15) is 4.98 Å². The van der Waals surface area contributed by atoms with Crippen molar-refractivity contribution in [3.05, 3.63) is 42.4 Å². The topological polar surface area (TPSA) is 51.8 Å². The lowest BCUT2D eigenvalue weighted by atomic mass is 10.1. The minimum absolute atomic E-state index is 0.203. The summed E-state index contributed by atoms with van der Waals surface area (Å²) in [5.74, 6) is 1.03. The zero-order valence-electron chi connectivity index (χ0n) is 11.1. The zero-order valence-corrected chi connectivity index (χ0v) is 11.8. The van der Waals surface area contributed by atoms with Crippen molar-refractivity contribution in [1.29, 1.82) is 0 Å². The Morgan fingerprint density at radius 3 is 2.95 bits per heavy atom. The summed E-state index contributed by atoms with van der Waals surface area (Å²) in [5.41, 5.74) is 1.79. The summed E-state index contributed by atoms with van der Waals surface area (Å²) in [4.78, 5) is 8.73. The van der Waals surface area contributed by atoms with Crippen LogP contribution < -0.4 is 0 Å². The Hall–Kier alpha value is -1.94. The van der Waals surface area contributed by atoms with Crippen LogP contribution in [0, 0.1) is 0 Å². The Balaban J connectivity index is 2.03. The fourth-order valence-electron chi connectivity index (χ4n) is 2.14. The lowest BCUT2D eigenvalue weighted by Gasteiger charge is -2.01. The van der Waals surface area contributed by atoms with Crippen molar-refractivity contribution in [3.8, 4) is 11.5 Å². The Morgan fingerprint density at radius 2 is 2.10 bits per heavy atom. The van der Waals surface area contributed by atoms with E-state index in [1.165, 1.54) is 0 Å². The molecule has 0 saturated carbocycles. The molecule has 20 heavy (non-hydrogen) atoms. The van der Waals surface area contributed by atoms with Gasteiger partial charge in [-0.15, -0.1) is 11.6 Å². The number of hydrogen-bond donors (Lipinski definition) is 0. The molecule has 0 saturated heterocycles. The third-order valence-corrected chi connectivity index (χ3v) is 3.56. The summed E-state index contributed by atoms with van der Waals surface area (Å²) >= 11 is 6.23. The number of rotatable bonds is 4. The van der Waals surface area contributed by atoms with Gasteiger partial charge >= 0.3 is 0 Å². The molecule has 4 nitrogen and oxygen atoms in total. The second kappa shape index (κ2) is 5.59. The van der Waals surface area contributed by atoms with Gasteiger partial charge in [-0.1, -0.05) is 36.7 Å². The van der Waals surface area contributed by atoms with E-state index in [1.54, 1.807) is 6.20 Å². The van der Waals surface area contributed by atoms with Crippen LogP contribution in [0.3, 0.4) is 0 Å². The SMILES string of the molecule is CCCC(Cl)c1noc(-c2ccnc3ccccc23)n1. The van der Waals surface area contributed by atoms with Gasteiger partial charge in [0.1, 0.15) is 0 Å². The third kappa shape index (κ3) is 2.39. The summed E-state index contributed by atoms with van der Waals surface area (Å²) in [6.45, 7) is 2.08. The van der Waals surface area contributed by atoms with Crippen molar-refractivity contribution in [2.24, 2.45) is 0 Å². The summed E-state index contributed by atoms with van der Waals surface area (Å²) in [7, 11) is 0. The highest BCUT2D eigenvalue weighted by Crippen LogP contribution is 2.29. The normalized spacial score (nSPS) is 12.7. The molecular formula is C15H14ClN3O. The molecule has 0 amide bonds. The van der Waals surface area contributed by atoms with Crippen LogP contribution in [0.15, 0.2) is 41.1 Å². The van der Waals surface area contributed by atoms with E-state index >= 15 is 0 Å². The van der Waals surface area contributed by atoms with E-state index in [9.17, 15) is 0 Å². The zero-order chi connectivity index (χ0) is 13.9. The van der Waals surface area contributed by atoms with E-state index < -0.39 is 0 Å². The quantitative estimate of drug-likeness (QED) is 0.669. The van der Waals surface area contributed by atoms with Gasteiger partial charge in [0.05, 0.1) is 16.5 Å². The summed E-state index contributed by atoms with van der Waals surface area (Å²) < 4.78 is 5.35. The number of benzene rings is 1. The molecule has 3 aromatic rings. The molecule has 1 unspecified atom stereocenters. The van der Waals surface area contributed by atoms with Crippen molar-refractivity contribution < 1.29 is 4.52 Å². The standard InChI is InChI=1S/C15H14ClN3O/c1-2-5-12(16)14-18-15(20-19-14)11-8-9-17-13-7-4-3-6-10(11)13/h3-4,6-9,12H,2,5H2,1H3. The van der Waals surface area contributed by atoms with Crippen LogP contribution in [-0.4, -0.2) is 15.1 Å². The van der Waals surface area contributed by atoms with Crippen molar-refractivity contribution in [1.82, 2.24) is 15.1 Å². The number of fused-ring (bicyclic) bond motifs is 1. The maximum absolute atomic E-state index is 6.23. The smallest absolute Gasteiger partial charge is 0.258 e. The molecule has 2 aromatic heterocycles. The fraction of sp³-hybridized carbons (Fsp3) is 0.267. The van der Waals surface area contributed by atoms with Crippen molar-refractivity contribution in [3.63, 3.8) is 0 Å². The summed E-state index contributed by atoms with van der Waals surface area (Å²) in [6.07, 6.45) is 3.56. The van der Waals surface area contributed by atoms with Crippen LogP contribution >= 0.6 is 11.6 Å². The van der Waals surface area contributed by atoms with E-state index in [2.05, 4.69) is 22.0 Å². The van der Waals surface area contributed by atoms with Crippen molar-refractivity contribution in [2.45, 2.75) is 25.1 Å². The average Bonchev–Trinajstić information content (AvgIpc) is 2.97. The molecule has 0 aliphatic carbocycles. The number of hydrogen-bond acceptors (Lipinski definition) is 4. The molecule has 0 radical (unpaired) electrons. The van der Waals surface area contributed by atoms with Gasteiger partial charge in [-0.3, -0.25) is 4.98 Å². The second-order valence-electron chi connectivity index (χ2n) is 4.59. The van der Waals surface area contributed by atoms with Crippen LogP contribution in [0.4, 0.5) is 0 Å². The van der Waals surface area contributed by atoms with Gasteiger partial charge in [-0.25, -0.2) is 0 Å². The lowest BCUT2D eigenvalue weighted by molar-refractivity contribution is 0.421. The van der Waals surface area contributed by atoms with Crippen LogP contribution in [0.2, 0.25) is 0 Å². The lowest BCUT2D eigenvalue weighted by Crippen LogP contribution is -1.92. The maximum atomic E-state index is 6.23. The van der Waals surface area contributed by atoms with Gasteiger partial charge in [-0.05, 0) is 18.6 Å². The first-order valence-corrected chi connectivity index (χ1v) is 7.05. The predicted molar refractivity (Wildman–Crippen MR) is 78.5 cm³/mol. The van der Waals surface area contributed by atoms with Gasteiger partial charge < -0.3 is 4.52 Å². The molecule has 2 heterocycles. The molecule has 3 rings (SSSR count). The number of nitrogens with zero attached hydrogens (tertiary/aromatic N) is 3. The number of aromatic nitrogens is 3. The van der Waals surface area contributed by atoms with Gasteiger partial charge in [0.25, 0.3) is 5.89 Å². The first-order chi connectivity index (χ1) is 9.79. The van der Waals surface area contributed by atoms with E-state index in [-0.39, 0.29) is 5.38 Å². The van der Waals surface area contributed by atoms with E-state index in [4.69, 9.17) is 16.1 Å². The Kier molecular flexibility index (Phi) is 3.65. The number of para-hydroxylation sites is 1. The molecule has 5 heteroatoms. The molecule has 0 aliphatic rings. The van der Waals surface area contributed by atoms with E-state index in [0.29, 0.717) is 11.7 Å². The predicted octanol–water partition coefficient (Wildman–Crippen LogP) is 4.36. The van der Waals surface area contributed by atoms with Gasteiger partial charge in [0.2, 0.25) is 0 Å². The minimum Gasteiger partial charge on any atom is -0.334 e. The fourth-order valence-corrected chi connectivity index (χ4v) is 2.44. The number of alkyl halides is 1. The minimum atomic E-state index is -0.203. The molecule has 1 aromatic carbocycles. The van der Waals surface area contributed by atoms with Crippen LogP contribution in [0.1, 0.15) is 31.0 Å². The van der Waals surface area contributed by atoms with Crippen LogP contribution in [0.5, 0.6) is 0 Å².